The van der Waals surface area contributed by atoms with Crippen LogP contribution in [0.2, 0.25) is 5.02 Å². The van der Waals surface area contributed by atoms with E-state index in [1.807, 2.05) is 0 Å². The third-order valence-electron chi connectivity index (χ3n) is 2.18. The van der Waals surface area contributed by atoms with Gasteiger partial charge in [0, 0.05) is 17.8 Å². The number of aromatic nitrogens is 1. The van der Waals surface area contributed by atoms with Gasteiger partial charge >= 0.3 is 0 Å². The summed E-state index contributed by atoms with van der Waals surface area (Å²) in [5.41, 5.74) is 0.265. The molecule has 0 bridgehead atoms. The van der Waals surface area contributed by atoms with Crippen LogP contribution in [0.3, 0.4) is 0 Å². The topological polar surface area (TPSA) is 56.0 Å². The van der Waals surface area contributed by atoms with Crippen LogP contribution in [-0.4, -0.2) is 9.91 Å². The van der Waals surface area contributed by atoms with Crippen molar-refractivity contribution in [2.75, 3.05) is 0 Å². The first-order chi connectivity index (χ1) is 8.09. The number of rotatable bonds is 2. The summed E-state index contributed by atoms with van der Waals surface area (Å²) >= 11 is 5.54. The Balaban J connectivity index is 2.60. The Bertz CT molecular complexity index is 589. The van der Waals surface area contributed by atoms with E-state index in [1.54, 1.807) is 0 Å². The van der Waals surface area contributed by atoms with Gasteiger partial charge in [0.05, 0.1) is 9.95 Å². The molecule has 0 aliphatic carbocycles. The first-order valence-corrected chi connectivity index (χ1v) is 5.02. The first-order valence-electron chi connectivity index (χ1n) is 4.64. The summed E-state index contributed by atoms with van der Waals surface area (Å²) < 4.78 is 13.3. The minimum absolute atomic E-state index is 0.0349. The quantitative estimate of drug-likeness (QED) is 0.608. The molecule has 1 aromatic carbocycles. The maximum atomic E-state index is 13.3. The minimum atomic E-state index is -0.635. The van der Waals surface area contributed by atoms with Crippen LogP contribution in [0.25, 0.3) is 11.3 Å². The zero-order chi connectivity index (χ0) is 12.4. The van der Waals surface area contributed by atoms with E-state index in [1.165, 1.54) is 30.5 Å². The highest BCUT2D eigenvalue weighted by atomic mass is 35.5. The Morgan fingerprint density at radius 3 is 2.76 bits per heavy atom. The summed E-state index contributed by atoms with van der Waals surface area (Å²) in [6.45, 7) is 0. The maximum Gasteiger partial charge on any atom is 0.295 e. The highest BCUT2D eigenvalue weighted by molar-refractivity contribution is 6.30. The Hall–Kier alpha value is -2.01. The third kappa shape index (κ3) is 2.24. The van der Waals surface area contributed by atoms with Gasteiger partial charge in [0.15, 0.2) is 0 Å². The summed E-state index contributed by atoms with van der Waals surface area (Å²) in [6.07, 6.45) is 1.41. The molecule has 2 aromatic rings. The fourth-order valence-electron chi connectivity index (χ4n) is 1.41. The van der Waals surface area contributed by atoms with Gasteiger partial charge in [-0.15, -0.1) is 0 Å². The molecule has 0 amide bonds. The Kier molecular flexibility index (Phi) is 3.01. The lowest BCUT2D eigenvalue weighted by Gasteiger charge is -2.02. The Labute approximate surface area is 101 Å². The van der Waals surface area contributed by atoms with Gasteiger partial charge in [0.2, 0.25) is 0 Å². The highest BCUT2D eigenvalue weighted by Crippen LogP contribution is 2.29. The largest absolute Gasteiger partial charge is 0.295 e. The Morgan fingerprint density at radius 1 is 1.35 bits per heavy atom. The molecule has 0 aliphatic rings. The maximum absolute atomic E-state index is 13.3. The molecule has 0 saturated heterocycles. The van der Waals surface area contributed by atoms with E-state index >= 15 is 0 Å². The lowest BCUT2D eigenvalue weighted by molar-refractivity contribution is -0.384. The van der Waals surface area contributed by atoms with Crippen molar-refractivity contribution in [2.45, 2.75) is 0 Å². The lowest BCUT2D eigenvalue weighted by Crippen LogP contribution is -1.94. The molecule has 0 fully saturated rings. The van der Waals surface area contributed by atoms with E-state index in [2.05, 4.69) is 4.98 Å². The van der Waals surface area contributed by atoms with Crippen molar-refractivity contribution < 1.29 is 9.31 Å². The van der Waals surface area contributed by atoms with E-state index in [4.69, 9.17) is 11.6 Å². The van der Waals surface area contributed by atoms with Gasteiger partial charge in [-0.3, -0.25) is 10.1 Å². The zero-order valence-corrected chi connectivity index (χ0v) is 9.19. The van der Waals surface area contributed by atoms with Gasteiger partial charge < -0.3 is 0 Å². The fraction of sp³-hybridized carbons (Fsp3) is 0. The van der Waals surface area contributed by atoms with E-state index < -0.39 is 10.7 Å². The molecular formula is C11H6ClFN2O2. The summed E-state index contributed by atoms with van der Waals surface area (Å²) in [7, 11) is 0. The molecule has 6 heteroatoms. The molecule has 0 spiro atoms. The van der Waals surface area contributed by atoms with E-state index in [-0.39, 0.29) is 16.4 Å². The summed E-state index contributed by atoms with van der Waals surface area (Å²) in [5.74, 6) is -0.635. The van der Waals surface area contributed by atoms with Gasteiger partial charge in [0.25, 0.3) is 5.69 Å². The molecule has 0 saturated carbocycles. The monoisotopic (exact) mass is 252 g/mol. The van der Waals surface area contributed by atoms with Crippen molar-refractivity contribution in [2.24, 2.45) is 0 Å². The second kappa shape index (κ2) is 4.47. The first kappa shape index (κ1) is 11.5. The fourth-order valence-corrected chi connectivity index (χ4v) is 1.53. The van der Waals surface area contributed by atoms with Crippen molar-refractivity contribution in [3.8, 4) is 11.3 Å². The van der Waals surface area contributed by atoms with Crippen molar-refractivity contribution in [3.63, 3.8) is 0 Å². The van der Waals surface area contributed by atoms with Crippen molar-refractivity contribution >= 4 is 17.3 Å². The van der Waals surface area contributed by atoms with Crippen LogP contribution in [0.15, 0.2) is 36.5 Å². The van der Waals surface area contributed by atoms with E-state index in [0.29, 0.717) is 5.56 Å². The molecule has 0 aliphatic heterocycles. The Morgan fingerprint density at radius 2 is 2.12 bits per heavy atom. The number of hydrogen-bond acceptors (Lipinski definition) is 3. The summed E-state index contributed by atoms with van der Waals surface area (Å²) in [5, 5.41) is 10.8. The molecule has 0 unspecified atom stereocenters. The lowest BCUT2D eigenvalue weighted by atomic mass is 10.1. The van der Waals surface area contributed by atoms with Crippen molar-refractivity contribution in [1.82, 2.24) is 4.98 Å². The molecule has 0 atom stereocenters. The number of nitro groups is 1. The summed E-state index contributed by atoms with van der Waals surface area (Å²) in [4.78, 5) is 14.1. The van der Waals surface area contributed by atoms with Gasteiger partial charge in [0.1, 0.15) is 11.5 Å². The van der Waals surface area contributed by atoms with Gasteiger partial charge in [-0.25, -0.2) is 9.37 Å². The van der Waals surface area contributed by atoms with Crippen LogP contribution >= 0.6 is 11.6 Å². The second-order valence-electron chi connectivity index (χ2n) is 3.26. The van der Waals surface area contributed by atoms with Crippen molar-refractivity contribution in [1.29, 1.82) is 0 Å². The molecule has 4 nitrogen and oxygen atoms in total. The van der Waals surface area contributed by atoms with E-state index in [0.717, 1.165) is 6.07 Å². The predicted octanol–water partition coefficient (Wildman–Crippen LogP) is 3.45. The molecule has 1 heterocycles. The zero-order valence-electron chi connectivity index (χ0n) is 8.43. The number of halogens is 2. The molecule has 0 N–H and O–H groups in total. The molecule has 2 rings (SSSR count). The van der Waals surface area contributed by atoms with Crippen molar-refractivity contribution in [3.05, 3.63) is 57.5 Å². The highest BCUT2D eigenvalue weighted by Gasteiger charge is 2.16. The molecular weight excluding hydrogens is 247 g/mol. The van der Waals surface area contributed by atoms with Gasteiger partial charge in [-0.1, -0.05) is 17.7 Å². The van der Waals surface area contributed by atoms with Crippen LogP contribution in [0.4, 0.5) is 10.1 Å². The van der Waals surface area contributed by atoms with Crippen LogP contribution in [0.5, 0.6) is 0 Å². The van der Waals surface area contributed by atoms with Crippen LogP contribution < -0.4 is 0 Å². The smallest absolute Gasteiger partial charge is 0.258 e. The average molecular weight is 253 g/mol. The number of nitrogens with zero attached hydrogens (tertiary/aromatic N) is 2. The molecule has 1 aromatic heterocycles. The normalized spacial score (nSPS) is 10.2. The minimum Gasteiger partial charge on any atom is -0.258 e. The summed E-state index contributed by atoms with van der Waals surface area (Å²) in [6, 6.07) is 6.71. The average Bonchev–Trinajstić information content (AvgIpc) is 2.32. The number of hydrogen-bond donors (Lipinski definition) is 0. The van der Waals surface area contributed by atoms with E-state index in [9.17, 15) is 14.5 Å². The molecule has 0 radical (unpaired) electrons. The van der Waals surface area contributed by atoms with Gasteiger partial charge in [-0.05, 0) is 18.2 Å². The molecule has 86 valence electrons. The third-order valence-corrected chi connectivity index (χ3v) is 2.48. The molecule has 17 heavy (non-hydrogen) atoms. The SMILES string of the molecule is O=[N+]([O-])c1cccnc1-c1ccc(Cl)c(F)c1. The number of benzene rings is 1. The number of pyridine rings is 1. The second-order valence-corrected chi connectivity index (χ2v) is 3.66. The van der Waals surface area contributed by atoms with Crippen LogP contribution in [0.1, 0.15) is 0 Å². The standard InChI is InChI=1S/C11H6ClFN2O2/c12-8-4-3-7(6-9(8)13)11-10(15(16)17)2-1-5-14-11/h1-6H. The van der Waals surface area contributed by atoms with Crippen LogP contribution in [0, 0.1) is 15.9 Å². The van der Waals surface area contributed by atoms with Gasteiger partial charge in [-0.2, -0.15) is 0 Å². The predicted molar refractivity (Wildman–Crippen MR) is 61.3 cm³/mol. The van der Waals surface area contributed by atoms with Crippen LogP contribution in [-0.2, 0) is 0 Å².